The van der Waals surface area contributed by atoms with E-state index in [9.17, 15) is 4.39 Å². The molecular formula is C12H6ClFIN3. The van der Waals surface area contributed by atoms with Gasteiger partial charge in [-0.15, -0.1) is 0 Å². The van der Waals surface area contributed by atoms with E-state index in [0.29, 0.717) is 21.9 Å². The molecular weight excluding hydrogens is 368 g/mol. The van der Waals surface area contributed by atoms with Gasteiger partial charge < -0.3 is 4.98 Å². The quantitative estimate of drug-likeness (QED) is 0.655. The van der Waals surface area contributed by atoms with E-state index in [0.717, 1.165) is 9.09 Å². The number of aromatic nitrogens is 3. The van der Waals surface area contributed by atoms with Gasteiger partial charge in [-0.25, -0.2) is 14.4 Å². The van der Waals surface area contributed by atoms with Crippen molar-refractivity contribution < 1.29 is 4.39 Å². The first-order valence-corrected chi connectivity index (χ1v) is 6.55. The maximum Gasteiger partial charge on any atom is 0.157 e. The molecule has 0 saturated carbocycles. The van der Waals surface area contributed by atoms with Gasteiger partial charge in [0.1, 0.15) is 11.3 Å². The topological polar surface area (TPSA) is 41.6 Å². The number of hydrogen-bond donors (Lipinski definition) is 1. The van der Waals surface area contributed by atoms with E-state index >= 15 is 0 Å². The van der Waals surface area contributed by atoms with E-state index in [2.05, 4.69) is 37.5 Å². The molecule has 90 valence electrons. The molecule has 0 aliphatic rings. The first-order chi connectivity index (χ1) is 8.63. The van der Waals surface area contributed by atoms with Crippen molar-refractivity contribution in [1.82, 2.24) is 15.0 Å². The molecule has 3 aromatic rings. The van der Waals surface area contributed by atoms with E-state index in [1.54, 1.807) is 12.3 Å². The van der Waals surface area contributed by atoms with Crippen molar-refractivity contribution >= 4 is 45.4 Å². The van der Waals surface area contributed by atoms with Crippen molar-refractivity contribution in [2.45, 2.75) is 0 Å². The van der Waals surface area contributed by atoms with Crippen LogP contribution < -0.4 is 0 Å². The number of nitrogens with zero attached hydrogens (tertiary/aromatic N) is 2. The smallest absolute Gasteiger partial charge is 0.157 e. The molecule has 3 nitrogen and oxygen atoms in total. The van der Waals surface area contributed by atoms with Gasteiger partial charge in [0.25, 0.3) is 0 Å². The van der Waals surface area contributed by atoms with Crippen LogP contribution in [0, 0.1) is 9.39 Å². The highest BCUT2D eigenvalue weighted by Crippen LogP contribution is 2.25. The number of H-pyrrole nitrogens is 1. The van der Waals surface area contributed by atoms with Crippen molar-refractivity contribution in [2.24, 2.45) is 0 Å². The monoisotopic (exact) mass is 373 g/mol. The van der Waals surface area contributed by atoms with Crippen molar-refractivity contribution in [3.05, 3.63) is 45.0 Å². The summed E-state index contributed by atoms with van der Waals surface area (Å²) >= 11 is 8.00. The molecule has 6 heteroatoms. The lowest BCUT2D eigenvalue weighted by Crippen LogP contribution is -1.89. The van der Waals surface area contributed by atoms with Gasteiger partial charge in [0.15, 0.2) is 5.65 Å². The van der Waals surface area contributed by atoms with Crippen molar-refractivity contribution in [2.75, 3.05) is 0 Å². The van der Waals surface area contributed by atoms with Crippen LogP contribution in [0.15, 0.2) is 30.6 Å². The van der Waals surface area contributed by atoms with Crippen LogP contribution in [-0.2, 0) is 0 Å². The SMILES string of the molecule is Fc1cc(Cl)cc(-c2cnc3[nH]cc(I)c3n2)c1. The lowest BCUT2D eigenvalue weighted by Gasteiger charge is -2.02. The van der Waals surface area contributed by atoms with Crippen LogP contribution in [0.2, 0.25) is 5.02 Å². The molecule has 0 aliphatic heterocycles. The van der Waals surface area contributed by atoms with E-state index < -0.39 is 0 Å². The zero-order valence-corrected chi connectivity index (χ0v) is 11.8. The molecule has 18 heavy (non-hydrogen) atoms. The summed E-state index contributed by atoms with van der Waals surface area (Å²) in [6.45, 7) is 0. The number of benzene rings is 1. The zero-order valence-electron chi connectivity index (χ0n) is 8.92. The zero-order chi connectivity index (χ0) is 12.7. The van der Waals surface area contributed by atoms with E-state index in [-0.39, 0.29) is 5.82 Å². The van der Waals surface area contributed by atoms with Gasteiger partial charge in [-0.3, -0.25) is 0 Å². The summed E-state index contributed by atoms with van der Waals surface area (Å²) in [5, 5.41) is 0.343. The number of hydrogen-bond acceptors (Lipinski definition) is 2. The third-order valence-corrected chi connectivity index (χ3v) is 3.53. The predicted molar refractivity (Wildman–Crippen MR) is 77.0 cm³/mol. The van der Waals surface area contributed by atoms with Gasteiger partial charge in [0.2, 0.25) is 0 Å². The normalized spacial score (nSPS) is 11.1. The minimum absolute atomic E-state index is 0.343. The Morgan fingerprint density at radius 2 is 2.11 bits per heavy atom. The van der Waals surface area contributed by atoms with Crippen molar-refractivity contribution in [3.63, 3.8) is 0 Å². The molecule has 0 radical (unpaired) electrons. The molecule has 0 aliphatic carbocycles. The van der Waals surface area contributed by atoms with Crippen LogP contribution in [0.1, 0.15) is 0 Å². The van der Waals surface area contributed by atoms with E-state index in [1.165, 1.54) is 12.1 Å². The fourth-order valence-corrected chi connectivity index (χ4v) is 2.46. The Kier molecular flexibility index (Phi) is 2.95. The molecule has 0 fully saturated rings. The molecule has 3 rings (SSSR count). The van der Waals surface area contributed by atoms with Crippen LogP contribution in [0.3, 0.4) is 0 Å². The van der Waals surface area contributed by atoms with Crippen molar-refractivity contribution in [3.8, 4) is 11.3 Å². The largest absolute Gasteiger partial charge is 0.344 e. The molecule has 2 heterocycles. The Morgan fingerprint density at radius 3 is 2.89 bits per heavy atom. The molecule has 0 bridgehead atoms. The molecule has 0 amide bonds. The summed E-state index contributed by atoms with van der Waals surface area (Å²) in [5.41, 5.74) is 2.70. The second kappa shape index (κ2) is 4.47. The fourth-order valence-electron chi connectivity index (χ4n) is 1.70. The lowest BCUT2D eigenvalue weighted by atomic mass is 10.1. The highest BCUT2D eigenvalue weighted by Gasteiger charge is 2.08. The first-order valence-electron chi connectivity index (χ1n) is 5.09. The average molecular weight is 374 g/mol. The molecule has 1 aromatic carbocycles. The molecule has 0 unspecified atom stereocenters. The maximum absolute atomic E-state index is 13.3. The highest BCUT2D eigenvalue weighted by molar-refractivity contribution is 14.1. The maximum atomic E-state index is 13.3. The predicted octanol–water partition coefficient (Wildman–Crippen LogP) is 4.02. The summed E-state index contributed by atoms with van der Waals surface area (Å²) < 4.78 is 14.3. The number of nitrogens with one attached hydrogen (secondary N) is 1. The van der Waals surface area contributed by atoms with Gasteiger partial charge in [-0.05, 0) is 40.8 Å². The number of fused-ring (bicyclic) bond motifs is 1. The lowest BCUT2D eigenvalue weighted by molar-refractivity contribution is 0.628. The van der Waals surface area contributed by atoms with Gasteiger partial charge in [-0.1, -0.05) is 11.6 Å². The summed E-state index contributed by atoms with van der Waals surface area (Å²) in [7, 11) is 0. The summed E-state index contributed by atoms with van der Waals surface area (Å²) in [6.07, 6.45) is 3.42. The van der Waals surface area contributed by atoms with E-state index in [1.807, 2.05) is 6.20 Å². The average Bonchev–Trinajstić information content (AvgIpc) is 2.69. The summed E-state index contributed by atoms with van der Waals surface area (Å²) in [6, 6.07) is 4.32. The summed E-state index contributed by atoms with van der Waals surface area (Å²) in [4.78, 5) is 11.7. The van der Waals surface area contributed by atoms with Crippen LogP contribution in [0.5, 0.6) is 0 Å². The Balaban J connectivity index is 2.21. The fraction of sp³-hybridized carbons (Fsp3) is 0. The number of rotatable bonds is 1. The number of aromatic amines is 1. The van der Waals surface area contributed by atoms with Gasteiger partial charge >= 0.3 is 0 Å². The van der Waals surface area contributed by atoms with Gasteiger partial charge in [0.05, 0.1) is 15.5 Å². The summed E-state index contributed by atoms with van der Waals surface area (Å²) in [5.74, 6) is -0.386. The number of halogens is 3. The minimum Gasteiger partial charge on any atom is -0.344 e. The van der Waals surface area contributed by atoms with Crippen LogP contribution in [0.4, 0.5) is 4.39 Å². The molecule has 0 atom stereocenters. The second-order valence-corrected chi connectivity index (χ2v) is 5.35. The van der Waals surface area contributed by atoms with Gasteiger partial charge in [-0.2, -0.15) is 0 Å². The van der Waals surface area contributed by atoms with Crippen LogP contribution >= 0.6 is 34.2 Å². The Labute approximate surface area is 121 Å². The molecule has 0 saturated heterocycles. The minimum atomic E-state index is -0.386. The third-order valence-electron chi connectivity index (χ3n) is 2.49. The van der Waals surface area contributed by atoms with Crippen molar-refractivity contribution in [1.29, 1.82) is 0 Å². The first kappa shape index (κ1) is 11.9. The molecule has 0 spiro atoms. The second-order valence-electron chi connectivity index (χ2n) is 3.75. The van der Waals surface area contributed by atoms with Crippen LogP contribution in [-0.4, -0.2) is 15.0 Å². The van der Waals surface area contributed by atoms with E-state index in [4.69, 9.17) is 11.6 Å². The standard InChI is InChI=1S/C12H6ClFIN3/c13-7-1-6(2-8(14)3-7)10-5-17-12-11(18-10)9(15)4-16-12/h1-5H,(H,16,17). The Bertz CT molecular complexity index is 721. The van der Waals surface area contributed by atoms with Crippen LogP contribution in [0.25, 0.3) is 22.4 Å². The molecule has 2 aromatic heterocycles. The van der Waals surface area contributed by atoms with Gasteiger partial charge in [0, 0.05) is 16.8 Å². The molecule has 1 N–H and O–H groups in total. The Morgan fingerprint density at radius 1 is 1.28 bits per heavy atom. The Hall–Kier alpha value is -1.21. The highest BCUT2D eigenvalue weighted by atomic mass is 127. The third kappa shape index (κ3) is 2.08.